The molecule has 152 valence electrons. The summed E-state index contributed by atoms with van der Waals surface area (Å²) in [5.74, 6) is 0.460. The van der Waals surface area contributed by atoms with Crippen molar-refractivity contribution in [1.82, 2.24) is 9.29 Å². The van der Waals surface area contributed by atoms with Crippen LogP contribution < -0.4 is 10.4 Å². The Balaban J connectivity index is 1.83. The topological polar surface area (TPSA) is 129 Å². The summed E-state index contributed by atoms with van der Waals surface area (Å²) in [4.78, 5) is 27.7. The van der Waals surface area contributed by atoms with Crippen molar-refractivity contribution >= 4 is 39.7 Å². The molecule has 1 saturated heterocycles. The third kappa shape index (κ3) is 4.43. The first-order valence-corrected chi connectivity index (χ1v) is 9.68. The van der Waals surface area contributed by atoms with Gasteiger partial charge in [0.1, 0.15) is 11.2 Å². The summed E-state index contributed by atoms with van der Waals surface area (Å²) in [6.07, 6.45) is 0. The predicted molar refractivity (Wildman–Crippen MR) is 106 cm³/mol. The quantitative estimate of drug-likeness (QED) is 0.342. The summed E-state index contributed by atoms with van der Waals surface area (Å²) in [5, 5.41) is 25.3. The van der Waals surface area contributed by atoms with E-state index in [2.05, 4.69) is 10.3 Å². The Bertz CT molecular complexity index is 909. The standard InChI is InChI=1S/C17H23N5O5S/c1-10-9-20(24)5-6-21(10)28-16(23)19-11-7-12-14(8-13(11)22(25)26)27-15(18-12)17(2,3)4/h7-8,10,20H,5-6,9H2,1-4H3,(H,19,23). The normalized spacial score (nSPS) is 21.0. The van der Waals surface area contributed by atoms with Crippen LogP contribution >= 0.6 is 11.9 Å². The Morgan fingerprint density at radius 3 is 2.79 bits per heavy atom. The molecule has 1 amide bonds. The van der Waals surface area contributed by atoms with Crippen molar-refractivity contribution in [2.45, 2.75) is 39.2 Å². The monoisotopic (exact) mass is 409 g/mol. The van der Waals surface area contributed by atoms with Crippen LogP contribution in [0.4, 0.5) is 16.2 Å². The van der Waals surface area contributed by atoms with Gasteiger partial charge < -0.3 is 20.0 Å². The van der Waals surface area contributed by atoms with Crippen LogP contribution in [0.2, 0.25) is 0 Å². The second kappa shape index (κ2) is 7.66. The molecule has 1 aromatic carbocycles. The maximum absolute atomic E-state index is 12.4. The van der Waals surface area contributed by atoms with Crippen LogP contribution in [-0.2, 0) is 5.41 Å². The van der Waals surface area contributed by atoms with Gasteiger partial charge in [-0.15, -0.1) is 0 Å². The zero-order valence-corrected chi connectivity index (χ0v) is 17.0. The number of rotatable bonds is 3. The van der Waals surface area contributed by atoms with E-state index in [0.29, 0.717) is 36.6 Å². The maximum atomic E-state index is 12.4. The van der Waals surface area contributed by atoms with E-state index < -0.39 is 10.2 Å². The average molecular weight is 409 g/mol. The van der Waals surface area contributed by atoms with Crippen LogP contribution in [0, 0.1) is 15.3 Å². The van der Waals surface area contributed by atoms with Crippen molar-refractivity contribution in [3.8, 4) is 0 Å². The average Bonchev–Trinajstić information content (AvgIpc) is 3.00. The van der Waals surface area contributed by atoms with E-state index in [-0.39, 0.29) is 27.9 Å². The molecular formula is C17H23N5O5S. The fourth-order valence-electron chi connectivity index (χ4n) is 2.90. The minimum absolute atomic E-state index is 0.0597. The Labute approximate surface area is 166 Å². The van der Waals surface area contributed by atoms with E-state index in [4.69, 9.17) is 4.42 Å². The summed E-state index contributed by atoms with van der Waals surface area (Å²) in [6, 6.07) is 2.66. The summed E-state index contributed by atoms with van der Waals surface area (Å²) < 4.78 is 7.47. The molecule has 1 fully saturated rings. The molecule has 2 aromatic rings. The lowest BCUT2D eigenvalue weighted by molar-refractivity contribution is -0.855. The van der Waals surface area contributed by atoms with Gasteiger partial charge in [-0.25, -0.2) is 9.29 Å². The molecule has 0 spiro atoms. The molecule has 0 aliphatic carbocycles. The van der Waals surface area contributed by atoms with E-state index in [1.165, 1.54) is 12.1 Å². The number of hydrogen-bond donors (Lipinski definition) is 2. The number of hydrogen-bond acceptors (Lipinski definition) is 8. The molecule has 2 unspecified atom stereocenters. The zero-order valence-electron chi connectivity index (χ0n) is 16.1. The van der Waals surface area contributed by atoms with Gasteiger partial charge in [0, 0.05) is 17.4 Å². The summed E-state index contributed by atoms with van der Waals surface area (Å²) >= 11 is 0.925. The third-order valence-electron chi connectivity index (χ3n) is 4.41. The first kappa shape index (κ1) is 20.5. The van der Waals surface area contributed by atoms with Gasteiger partial charge in [-0.2, -0.15) is 0 Å². The van der Waals surface area contributed by atoms with Gasteiger partial charge in [-0.1, -0.05) is 20.8 Å². The van der Waals surface area contributed by atoms with Gasteiger partial charge in [0.25, 0.3) is 10.9 Å². The molecule has 0 saturated carbocycles. The second-order valence-corrected chi connectivity index (χ2v) is 8.87. The number of quaternary nitrogens is 1. The number of carbonyl (C=O) groups is 1. The lowest BCUT2D eigenvalue weighted by atomic mass is 9.97. The lowest BCUT2D eigenvalue weighted by Gasteiger charge is -2.37. The van der Waals surface area contributed by atoms with Crippen molar-refractivity contribution in [3.63, 3.8) is 0 Å². The number of nitro groups is 1. The summed E-state index contributed by atoms with van der Waals surface area (Å²) in [7, 11) is 0. The molecule has 11 heteroatoms. The fraction of sp³-hybridized carbons (Fsp3) is 0.529. The third-order valence-corrected chi connectivity index (χ3v) is 5.45. The van der Waals surface area contributed by atoms with Crippen LogP contribution in [0.25, 0.3) is 11.1 Å². The lowest BCUT2D eigenvalue weighted by Crippen LogP contribution is -3.11. The van der Waals surface area contributed by atoms with Gasteiger partial charge in [0.2, 0.25) is 5.89 Å². The highest BCUT2D eigenvalue weighted by Crippen LogP contribution is 2.34. The molecule has 0 bridgehead atoms. The number of hydroxylamine groups is 2. The number of nitro benzene ring substituents is 1. The number of fused-ring (bicyclic) bond motifs is 1. The van der Waals surface area contributed by atoms with Gasteiger partial charge in [0.15, 0.2) is 5.58 Å². The first-order chi connectivity index (χ1) is 13.0. The largest absolute Gasteiger partial charge is 0.634 e. The van der Waals surface area contributed by atoms with Crippen LogP contribution in [0.1, 0.15) is 33.6 Å². The molecule has 3 rings (SSSR count). The first-order valence-electron chi connectivity index (χ1n) is 8.91. The molecule has 2 heterocycles. The minimum atomic E-state index is -0.568. The number of carbonyl (C=O) groups excluding carboxylic acids is 1. The van der Waals surface area contributed by atoms with Gasteiger partial charge >= 0.3 is 0 Å². The highest BCUT2D eigenvalue weighted by molar-refractivity contribution is 8.11. The van der Waals surface area contributed by atoms with E-state index in [1.54, 1.807) is 0 Å². The number of amides is 1. The number of anilines is 1. The van der Waals surface area contributed by atoms with E-state index in [9.17, 15) is 20.1 Å². The van der Waals surface area contributed by atoms with Crippen LogP contribution in [0.3, 0.4) is 0 Å². The number of benzene rings is 1. The number of nitrogens with one attached hydrogen (secondary N) is 2. The molecule has 2 atom stereocenters. The number of nitrogens with zero attached hydrogens (tertiary/aromatic N) is 3. The highest BCUT2D eigenvalue weighted by atomic mass is 32.2. The fourth-order valence-corrected chi connectivity index (χ4v) is 3.70. The molecule has 0 radical (unpaired) electrons. The number of oxazole rings is 1. The van der Waals surface area contributed by atoms with Crippen LogP contribution in [0.5, 0.6) is 0 Å². The summed E-state index contributed by atoms with van der Waals surface area (Å²) in [5.41, 5.74) is 0.178. The van der Waals surface area contributed by atoms with Crippen LogP contribution in [0.15, 0.2) is 16.5 Å². The number of piperazine rings is 1. The van der Waals surface area contributed by atoms with Crippen molar-refractivity contribution in [2.24, 2.45) is 0 Å². The Morgan fingerprint density at radius 1 is 1.46 bits per heavy atom. The second-order valence-electron chi connectivity index (χ2n) is 7.85. The Morgan fingerprint density at radius 2 is 2.18 bits per heavy atom. The predicted octanol–water partition coefficient (Wildman–Crippen LogP) is 2.30. The van der Waals surface area contributed by atoms with E-state index in [1.807, 2.05) is 32.0 Å². The number of aromatic nitrogens is 1. The molecule has 1 aliphatic heterocycles. The molecular weight excluding hydrogens is 386 g/mol. The van der Waals surface area contributed by atoms with Gasteiger partial charge in [-0.3, -0.25) is 14.9 Å². The maximum Gasteiger partial charge on any atom is 0.298 e. The summed E-state index contributed by atoms with van der Waals surface area (Å²) in [6.45, 7) is 8.90. The minimum Gasteiger partial charge on any atom is -0.634 e. The SMILES string of the molecule is CC1C[NH+]([O-])CCN1SC(=O)Nc1cc2nc(C(C)(C)C)oc2cc1[N+](=O)[O-]. The van der Waals surface area contributed by atoms with Gasteiger partial charge in [0.05, 0.1) is 36.7 Å². The Hall–Kier alpha value is -2.21. The van der Waals surface area contributed by atoms with Crippen molar-refractivity contribution in [3.05, 3.63) is 33.3 Å². The molecule has 1 aliphatic rings. The smallest absolute Gasteiger partial charge is 0.298 e. The van der Waals surface area contributed by atoms with Crippen molar-refractivity contribution < 1.29 is 19.2 Å². The zero-order chi connectivity index (χ0) is 20.6. The van der Waals surface area contributed by atoms with E-state index >= 15 is 0 Å². The Kier molecular flexibility index (Phi) is 5.62. The van der Waals surface area contributed by atoms with Crippen molar-refractivity contribution in [1.29, 1.82) is 0 Å². The molecule has 1 aromatic heterocycles. The molecule has 28 heavy (non-hydrogen) atoms. The van der Waals surface area contributed by atoms with E-state index in [0.717, 1.165) is 11.9 Å². The highest BCUT2D eigenvalue weighted by Gasteiger charge is 2.28. The molecule has 2 N–H and O–H groups in total. The van der Waals surface area contributed by atoms with Crippen LogP contribution in [-0.4, -0.2) is 45.1 Å². The van der Waals surface area contributed by atoms with Crippen molar-refractivity contribution in [2.75, 3.05) is 25.0 Å². The van der Waals surface area contributed by atoms with Gasteiger partial charge in [-0.05, 0) is 13.0 Å². The molecule has 10 nitrogen and oxygen atoms in total.